The van der Waals surface area contributed by atoms with Crippen molar-refractivity contribution in [3.05, 3.63) is 60.8 Å². The van der Waals surface area contributed by atoms with Gasteiger partial charge in [-0.05, 0) is 57.8 Å². The number of aliphatic hydroxyl groups excluding tert-OH is 11. The van der Waals surface area contributed by atoms with E-state index < -0.39 is 124 Å². The van der Waals surface area contributed by atoms with Crippen LogP contribution in [0, 0.1) is 0 Å². The largest absolute Gasteiger partial charge is 0.394 e. The number of carbonyl (C=O) groups excluding carboxylic acids is 1. The Morgan fingerprint density at radius 3 is 1.19 bits per heavy atom. The van der Waals surface area contributed by atoms with Gasteiger partial charge in [-0.15, -0.1) is 0 Å². The van der Waals surface area contributed by atoms with Gasteiger partial charge in [-0.1, -0.05) is 254 Å². The summed E-state index contributed by atoms with van der Waals surface area (Å²) in [5, 5.41) is 121. The van der Waals surface area contributed by atoms with Gasteiger partial charge >= 0.3 is 0 Å². The van der Waals surface area contributed by atoms with Crippen molar-refractivity contribution in [3.8, 4) is 0 Å². The molecule has 1 amide bonds. The first-order valence-electron chi connectivity index (χ1n) is 36.0. The fourth-order valence-electron chi connectivity index (χ4n) is 12.0. The number of hydrogen-bond acceptors (Lipinski definition) is 18. The SMILES string of the molecule is CC/C=C\C/C=C\C/C=C\C/C=C\CCCCCCCCCCCCCCCCC(=O)NC(COC1OC(CO)C(OC2OC(CO)C(OC3OC(CO)C(O)C(O)C3O)C(O)C2O)C(O)C1O)C(O)/C=C/CCCCCCCCCCCCCCCCCCC. The zero-order chi connectivity index (χ0) is 66.1. The van der Waals surface area contributed by atoms with Crippen molar-refractivity contribution in [1.29, 1.82) is 0 Å². The van der Waals surface area contributed by atoms with E-state index in [1.807, 2.05) is 6.08 Å². The van der Waals surface area contributed by atoms with Crippen molar-refractivity contribution in [2.24, 2.45) is 0 Å². The Morgan fingerprint density at radius 2 is 0.758 bits per heavy atom. The van der Waals surface area contributed by atoms with Gasteiger partial charge in [0.2, 0.25) is 5.91 Å². The maximum absolute atomic E-state index is 13.4. The van der Waals surface area contributed by atoms with Gasteiger partial charge in [-0.25, -0.2) is 0 Å². The Bertz CT molecular complexity index is 1890. The van der Waals surface area contributed by atoms with E-state index in [-0.39, 0.29) is 18.9 Å². The molecule has 3 rings (SSSR count). The molecule has 530 valence electrons. The number of ether oxygens (including phenoxy) is 6. The summed E-state index contributed by atoms with van der Waals surface area (Å²) in [5.41, 5.74) is 0. The molecule has 0 radical (unpaired) electrons. The van der Waals surface area contributed by atoms with E-state index in [1.54, 1.807) is 6.08 Å². The maximum Gasteiger partial charge on any atom is 0.220 e. The maximum atomic E-state index is 13.4. The predicted octanol–water partition coefficient (Wildman–Crippen LogP) is 9.94. The van der Waals surface area contributed by atoms with E-state index in [1.165, 1.54) is 154 Å². The molecule has 0 aromatic carbocycles. The minimum atomic E-state index is -1.98. The summed E-state index contributed by atoms with van der Waals surface area (Å²) in [7, 11) is 0. The molecule has 3 saturated heterocycles. The van der Waals surface area contributed by atoms with Crippen molar-refractivity contribution >= 4 is 5.91 Å². The van der Waals surface area contributed by atoms with Gasteiger partial charge in [-0.3, -0.25) is 4.79 Å². The van der Waals surface area contributed by atoms with Crippen molar-refractivity contribution in [3.63, 3.8) is 0 Å². The van der Waals surface area contributed by atoms with Crippen molar-refractivity contribution in [1.82, 2.24) is 5.32 Å². The van der Waals surface area contributed by atoms with Gasteiger partial charge in [-0.2, -0.15) is 0 Å². The summed E-state index contributed by atoms with van der Waals surface area (Å²) in [6.45, 7) is 1.64. The lowest BCUT2D eigenvalue weighted by molar-refractivity contribution is -0.379. The molecular weight excluding hydrogens is 1170 g/mol. The summed E-state index contributed by atoms with van der Waals surface area (Å²) in [4.78, 5) is 13.4. The second kappa shape index (κ2) is 53.6. The van der Waals surface area contributed by atoms with Crippen molar-refractivity contribution in [2.45, 2.75) is 362 Å². The third-order valence-corrected chi connectivity index (χ3v) is 17.8. The van der Waals surface area contributed by atoms with Gasteiger partial charge in [0.05, 0.1) is 38.6 Å². The molecule has 0 saturated carbocycles. The highest BCUT2D eigenvalue weighted by Gasteiger charge is 2.53. The van der Waals surface area contributed by atoms with Crippen LogP contribution >= 0.6 is 0 Å². The monoisotopic (exact) mass is 1300 g/mol. The molecule has 0 aromatic rings. The van der Waals surface area contributed by atoms with Crippen LogP contribution in [0.4, 0.5) is 0 Å². The molecule has 17 atom stereocenters. The van der Waals surface area contributed by atoms with E-state index >= 15 is 0 Å². The summed E-state index contributed by atoms with van der Waals surface area (Å²) >= 11 is 0. The highest BCUT2D eigenvalue weighted by molar-refractivity contribution is 5.76. The number of unbranched alkanes of at least 4 members (excludes halogenated alkanes) is 31. The number of carbonyl (C=O) groups is 1. The number of amides is 1. The molecule has 91 heavy (non-hydrogen) atoms. The topological polar surface area (TPSA) is 307 Å². The number of nitrogens with one attached hydrogen (secondary N) is 1. The van der Waals surface area contributed by atoms with Gasteiger partial charge in [0.15, 0.2) is 18.9 Å². The first-order valence-corrected chi connectivity index (χ1v) is 36.0. The third kappa shape index (κ3) is 35.4. The second-order valence-electron chi connectivity index (χ2n) is 25.7. The van der Waals surface area contributed by atoms with Crippen LogP contribution in [0.3, 0.4) is 0 Å². The molecular formula is C72H129NO18. The van der Waals surface area contributed by atoms with Crippen LogP contribution in [0.15, 0.2) is 60.8 Å². The number of aliphatic hydroxyl groups is 11. The van der Waals surface area contributed by atoms with E-state index in [0.717, 1.165) is 77.0 Å². The predicted molar refractivity (Wildman–Crippen MR) is 355 cm³/mol. The van der Waals surface area contributed by atoms with Crippen molar-refractivity contribution in [2.75, 3.05) is 26.4 Å². The molecule has 0 bridgehead atoms. The van der Waals surface area contributed by atoms with Crippen LogP contribution in [0.25, 0.3) is 0 Å². The van der Waals surface area contributed by atoms with E-state index in [9.17, 15) is 61.0 Å². The van der Waals surface area contributed by atoms with Gasteiger partial charge in [0.25, 0.3) is 0 Å². The number of hydrogen-bond donors (Lipinski definition) is 12. The molecule has 12 N–H and O–H groups in total. The van der Waals surface area contributed by atoms with Gasteiger partial charge in [0, 0.05) is 6.42 Å². The molecule has 0 spiro atoms. The number of allylic oxidation sites excluding steroid dienone is 9. The first-order chi connectivity index (χ1) is 44.3. The van der Waals surface area contributed by atoms with Crippen LogP contribution in [0.2, 0.25) is 0 Å². The number of rotatable bonds is 55. The van der Waals surface area contributed by atoms with Crippen LogP contribution in [-0.4, -0.2) is 193 Å². The summed E-state index contributed by atoms with van der Waals surface area (Å²) < 4.78 is 34.4. The fourth-order valence-corrected chi connectivity index (χ4v) is 12.0. The molecule has 19 nitrogen and oxygen atoms in total. The normalized spacial score (nSPS) is 28.2. The van der Waals surface area contributed by atoms with Crippen molar-refractivity contribution < 1.29 is 89.4 Å². The Morgan fingerprint density at radius 1 is 0.407 bits per heavy atom. The standard InChI is InChI=1S/C72H129NO18/c1-3-5-7-9-11-13-15-17-19-21-23-24-25-26-27-28-29-30-32-34-36-38-40-42-44-46-48-50-60(78)73-55(56(77)49-47-45-43-41-39-37-35-33-31-22-20-18-16-14-12-10-8-6-4-2)54-86-70-66(84)63(81)68(58(52-75)88-70)91-72-67(85)64(82)69(59(53-76)89-72)90-71-65(83)62(80)61(79)57(51-74)87-71/h5,7,11,13,17,19,23-24,47,49,55-59,61-72,74-77,79-85H,3-4,6,8-10,12,14-16,18,20-22,25-46,48,50-54H2,1-2H3,(H,73,78)/b7-5-,13-11-,19-17-,24-23-,49-47+. The third-order valence-electron chi connectivity index (χ3n) is 17.8. The average Bonchev–Trinajstić information content (AvgIpc) is 0.885. The Kier molecular flexibility index (Phi) is 48.7. The summed E-state index contributed by atoms with van der Waals surface area (Å²) in [6, 6.07) is -0.976. The molecule has 3 heterocycles. The van der Waals surface area contributed by atoms with E-state index in [0.29, 0.717) is 6.42 Å². The smallest absolute Gasteiger partial charge is 0.220 e. The van der Waals surface area contributed by atoms with Gasteiger partial charge in [0.1, 0.15) is 73.2 Å². The van der Waals surface area contributed by atoms with Crippen LogP contribution in [0.5, 0.6) is 0 Å². The molecule has 0 aromatic heterocycles. The second-order valence-corrected chi connectivity index (χ2v) is 25.7. The summed E-state index contributed by atoms with van der Waals surface area (Å²) in [6.07, 6.45) is 39.0. The molecule has 3 aliphatic heterocycles. The minimum Gasteiger partial charge on any atom is -0.394 e. The summed E-state index contributed by atoms with van der Waals surface area (Å²) in [5.74, 6) is -0.276. The van der Waals surface area contributed by atoms with Crippen LogP contribution in [-0.2, 0) is 33.2 Å². The highest BCUT2D eigenvalue weighted by atomic mass is 16.8. The quantitative estimate of drug-likeness (QED) is 0.0199. The molecule has 3 aliphatic rings. The Labute approximate surface area is 547 Å². The highest BCUT2D eigenvalue weighted by Crippen LogP contribution is 2.33. The fraction of sp³-hybridized carbons (Fsp3) is 0.847. The lowest BCUT2D eigenvalue weighted by Gasteiger charge is -2.48. The van der Waals surface area contributed by atoms with Crippen LogP contribution < -0.4 is 5.32 Å². The van der Waals surface area contributed by atoms with E-state index in [4.69, 9.17) is 28.4 Å². The zero-order valence-corrected chi connectivity index (χ0v) is 56.1. The first kappa shape index (κ1) is 82.7. The molecule has 19 heteroatoms. The average molecular weight is 1300 g/mol. The lowest BCUT2D eigenvalue weighted by atomic mass is 9.96. The molecule has 17 unspecified atom stereocenters. The molecule has 3 fully saturated rings. The lowest BCUT2D eigenvalue weighted by Crippen LogP contribution is -2.66. The molecule has 0 aliphatic carbocycles. The minimum absolute atomic E-state index is 0.241. The Balaban J connectivity index is 1.42. The van der Waals surface area contributed by atoms with Crippen LogP contribution in [0.1, 0.15) is 258 Å². The van der Waals surface area contributed by atoms with Gasteiger partial charge < -0.3 is 89.9 Å². The Hall–Kier alpha value is -2.51. The zero-order valence-electron chi connectivity index (χ0n) is 56.1. The van der Waals surface area contributed by atoms with E-state index in [2.05, 4.69) is 67.8 Å².